The summed E-state index contributed by atoms with van der Waals surface area (Å²) in [6.07, 6.45) is 0.824. The van der Waals surface area contributed by atoms with Crippen molar-refractivity contribution in [3.8, 4) is 0 Å². The molecule has 1 fully saturated rings. The van der Waals surface area contributed by atoms with Crippen LogP contribution < -0.4 is 4.90 Å². The van der Waals surface area contributed by atoms with Gasteiger partial charge in [-0.05, 0) is 47.9 Å². The van der Waals surface area contributed by atoms with Gasteiger partial charge in [0, 0.05) is 16.3 Å². The molecule has 1 unspecified atom stereocenters. The fraction of sp³-hybridized carbons (Fsp3) is 0.148. The second-order valence-electron chi connectivity index (χ2n) is 7.82. The maximum Gasteiger partial charge on any atom is 0.337 e. The van der Waals surface area contributed by atoms with E-state index in [1.807, 2.05) is 31.2 Å². The highest BCUT2D eigenvalue weighted by Gasteiger charge is 2.47. The maximum atomic E-state index is 13.3. The summed E-state index contributed by atoms with van der Waals surface area (Å²) in [6, 6.07) is 19.3. The standard InChI is InChI=1S/C27H22ClNO5/c1-3-16-10-12-17(13-11-16)23-22(24(30)18-6-4-8-20(28)14-18)25(31)26(32)29(23)21-9-5-7-19(15-21)27(33)34-2/h4-15,23,30H,3H2,1-2H3/b24-22+. The predicted octanol–water partition coefficient (Wildman–Crippen LogP) is 5.32. The van der Waals surface area contributed by atoms with Crippen molar-refractivity contribution in [2.75, 3.05) is 12.0 Å². The van der Waals surface area contributed by atoms with Gasteiger partial charge in [0.2, 0.25) is 0 Å². The zero-order valence-corrected chi connectivity index (χ0v) is 19.4. The number of ether oxygens (including phenoxy) is 1. The smallest absolute Gasteiger partial charge is 0.337 e. The normalized spacial score (nSPS) is 17.1. The molecule has 3 aromatic carbocycles. The lowest BCUT2D eigenvalue weighted by atomic mass is 9.94. The van der Waals surface area contributed by atoms with Gasteiger partial charge >= 0.3 is 5.97 Å². The molecule has 0 bridgehead atoms. The molecule has 172 valence electrons. The summed E-state index contributed by atoms with van der Waals surface area (Å²) in [5.74, 6) is -2.53. The minimum absolute atomic E-state index is 0.0556. The summed E-state index contributed by atoms with van der Waals surface area (Å²) in [5.41, 5.74) is 2.56. The zero-order valence-electron chi connectivity index (χ0n) is 18.6. The number of rotatable bonds is 5. The van der Waals surface area contributed by atoms with E-state index < -0.39 is 23.7 Å². The van der Waals surface area contributed by atoms with Crippen LogP contribution in [-0.4, -0.2) is 29.9 Å². The van der Waals surface area contributed by atoms with Gasteiger partial charge in [0.15, 0.2) is 0 Å². The molecule has 0 aliphatic carbocycles. The van der Waals surface area contributed by atoms with Gasteiger partial charge in [-0.3, -0.25) is 14.5 Å². The van der Waals surface area contributed by atoms with E-state index in [2.05, 4.69) is 0 Å². The summed E-state index contributed by atoms with van der Waals surface area (Å²) in [5, 5.41) is 11.5. The molecule has 6 nitrogen and oxygen atoms in total. The Hall–Kier alpha value is -3.90. The van der Waals surface area contributed by atoms with E-state index >= 15 is 0 Å². The van der Waals surface area contributed by atoms with Crippen LogP contribution in [0.1, 0.15) is 40.0 Å². The number of carbonyl (C=O) groups is 3. The molecule has 0 spiro atoms. The van der Waals surface area contributed by atoms with E-state index in [1.165, 1.54) is 24.1 Å². The second-order valence-corrected chi connectivity index (χ2v) is 8.25. The number of Topliss-reactive ketones (excluding diaryl/α,β-unsaturated/α-hetero) is 1. The highest BCUT2D eigenvalue weighted by molar-refractivity contribution is 6.51. The van der Waals surface area contributed by atoms with E-state index in [4.69, 9.17) is 16.3 Å². The Morgan fingerprint density at radius 1 is 1.00 bits per heavy atom. The van der Waals surface area contributed by atoms with E-state index in [0.717, 1.165) is 12.0 Å². The van der Waals surface area contributed by atoms with Crippen LogP contribution in [0.5, 0.6) is 0 Å². The second kappa shape index (κ2) is 9.53. The molecular formula is C27H22ClNO5. The van der Waals surface area contributed by atoms with E-state index in [0.29, 0.717) is 21.8 Å². The maximum absolute atomic E-state index is 13.3. The highest BCUT2D eigenvalue weighted by atomic mass is 35.5. The lowest BCUT2D eigenvalue weighted by Crippen LogP contribution is -2.29. The Bertz CT molecular complexity index is 1310. The summed E-state index contributed by atoms with van der Waals surface area (Å²) >= 11 is 6.09. The number of hydrogen-bond acceptors (Lipinski definition) is 5. The van der Waals surface area contributed by atoms with Crippen LogP contribution in [0.15, 0.2) is 78.4 Å². The molecule has 0 aromatic heterocycles. The van der Waals surface area contributed by atoms with Crippen molar-refractivity contribution in [2.24, 2.45) is 0 Å². The molecule has 1 heterocycles. The van der Waals surface area contributed by atoms with Gasteiger partial charge in [-0.1, -0.05) is 61.0 Å². The van der Waals surface area contributed by atoms with Crippen molar-refractivity contribution in [2.45, 2.75) is 19.4 Å². The fourth-order valence-corrected chi connectivity index (χ4v) is 4.23. The van der Waals surface area contributed by atoms with Gasteiger partial charge in [0.05, 0.1) is 24.3 Å². The van der Waals surface area contributed by atoms with Gasteiger partial charge in [-0.15, -0.1) is 0 Å². The van der Waals surface area contributed by atoms with Crippen molar-refractivity contribution in [1.82, 2.24) is 0 Å². The van der Waals surface area contributed by atoms with Gasteiger partial charge < -0.3 is 9.84 Å². The third-order valence-corrected chi connectivity index (χ3v) is 6.03. The number of aliphatic hydroxyl groups excluding tert-OH is 1. The average molecular weight is 476 g/mol. The average Bonchev–Trinajstić information content (AvgIpc) is 3.13. The molecule has 1 aliphatic rings. The van der Waals surface area contributed by atoms with Crippen LogP contribution in [-0.2, 0) is 20.7 Å². The predicted molar refractivity (Wildman–Crippen MR) is 130 cm³/mol. The molecule has 34 heavy (non-hydrogen) atoms. The number of benzene rings is 3. The molecule has 1 saturated heterocycles. The van der Waals surface area contributed by atoms with Crippen LogP contribution >= 0.6 is 11.6 Å². The van der Waals surface area contributed by atoms with Gasteiger partial charge in [-0.25, -0.2) is 4.79 Å². The third kappa shape index (κ3) is 4.20. The topological polar surface area (TPSA) is 83.9 Å². The summed E-state index contributed by atoms with van der Waals surface area (Å²) in [7, 11) is 1.27. The lowest BCUT2D eigenvalue weighted by molar-refractivity contribution is -0.132. The van der Waals surface area contributed by atoms with E-state index in [1.54, 1.807) is 36.4 Å². The number of esters is 1. The van der Waals surface area contributed by atoms with Crippen molar-refractivity contribution in [3.05, 3.63) is 106 Å². The van der Waals surface area contributed by atoms with E-state index in [-0.39, 0.29) is 16.9 Å². The molecular weight excluding hydrogens is 454 g/mol. The van der Waals surface area contributed by atoms with Crippen LogP contribution in [0.25, 0.3) is 5.76 Å². The van der Waals surface area contributed by atoms with Crippen LogP contribution in [0.4, 0.5) is 5.69 Å². The van der Waals surface area contributed by atoms with Crippen molar-refractivity contribution in [1.29, 1.82) is 0 Å². The monoisotopic (exact) mass is 475 g/mol. The number of aliphatic hydroxyl groups is 1. The number of anilines is 1. The van der Waals surface area contributed by atoms with Gasteiger partial charge in [0.1, 0.15) is 5.76 Å². The zero-order chi connectivity index (χ0) is 24.4. The Morgan fingerprint density at radius 3 is 2.32 bits per heavy atom. The molecule has 0 radical (unpaired) electrons. The first-order chi connectivity index (χ1) is 16.3. The number of nitrogens with zero attached hydrogens (tertiary/aromatic N) is 1. The van der Waals surface area contributed by atoms with Crippen LogP contribution in [0.2, 0.25) is 5.02 Å². The minimum atomic E-state index is -0.905. The number of amides is 1. The fourth-order valence-electron chi connectivity index (χ4n) is 4.04. The first kappa shape index (κ1) is 23.3. The minimum Gasteiger partial charge on any atom is -0.507 e. The van der Waals surface area contributed by atoms with E-state index in [9.17, 15) is 19.5 Å². The van der Waals surface area contributed by atoms with Gasteiger partial charge in [-0.2, -0.15) is 0 Å². The molecule has 1 atom stereocenters. The Balaban J connectivity index is 1.93. The molecule has 7 heteroatoms. The molecule has 1 amide bonds. The number of hydrogen-bond donors (Lipinski definition) is 1. The third-order valence-electron chi connectivity index (χ3n) is 5.79. The van der Waals surface area contributed by atoms with Crippen molar-refractivity contribution >= 4 is 40.7 Å². The van der Waals surface area contributed by atoms with Crippen LogP contribution in [0.3, 0.4) is 0 Å². The molecule has 3 aromatic rings. The van der Waals surface area contributed by atoms with Crippen molar-refractivity contribution in [3.63, 3.8) is 0 Å². The number of ketones is 1. The van der Waals surface area contributed by atoms with Gasteiger partial charge in [0.25, 0.3) is 11.7 Å². The first-order valence-electron chi connectivity index (χ1n) is 10.7. The quantitative estimate of drug-likeness (QED) is 0.234. The molecule has 4 rings (SSSR count). The summed E-state index contributed by atoms with van der Waals surface area (Å²) in [4.78, 5) is 39.9. The Labute approximate surface area is 202 Å². The largest absolute Gasteiger partial charge is 0.507 e. The highest BCUT2D eigenvalue weighted by Crippen LogP contribution is 2.42. The number of aryl methyl sites for hydroxylation is 1. The Kier molecular flexibility index (Phi) is 6.52. The number of methoxy groups -OCH3 is 1. The molecule has 1 N–H and O–H groups in total. The molecule has 0 saturated carbocycles. The SMILES string of the molecule is CCc1ccc(C2/C(=C(\O)c3cccc(Cl)c3)C(=O)C(=O)N2c2cccc(C(=O)OC)c2)cc1. The number of carbonyl (C=O) groups excluding carboxylic acids is 3. The Morgan fingerprint density at radius 2 is 1.68 bits per heavy atom. The summed E-state index contributed by atoms with van der Waals surface area (Å²) < 4.78 is 4.80. The number of halogens is 1. The lowest BCUT2D eigenvalue weighted by Gasteiger charge is -2.26. The molecule has 1 aliphatic heterocycles. The van der Waals surface area contributed by atoms with Crippen molar-refractivity contribution < 1.29 is 24.2 Å². The summed E-state index contributed by atoms with van der Waals surface area (Å²) in [6.45, 7) is 2.03. The first-order valence-corrected chi connectivity index (χ1v) is 11.1. The van der Waals surface area contributed by atoms with Crippen LogP contribution in [0, 0.1) is 0 Å².